The van der Waals surface area contributed by atoms with Gasteiger partial charge in [-0.25, -0.2) is 0 Å². The van der Waals surface area contributed by atoms with E-state index in [1.54, 1.807) is 0 Å². The first kappa shape index (κ1) is 26.4. The van der Waals surface area contributed by atoms with E-state index >= 15 is 0 Å². The number of hydrogen-bond acceptors (Lipinski definition) is 0. The molecule has 0 radical (unpaired) electrons. The van der Waals surface area contributed by atoms with Crippen molar-refractivity contribution in [2.75, 3.05) is 0 Å². The van der Waals surface area contributed by atoms with Gasteiger partial charge < -0.3 is 0 Å². The summed E-state index contributed by atoms with van der Waals surface area (Å²) in [5.41, 5.74) is -2.84. The molecule has 0 aromatic heterocycles. The van der Waals surface area contributed by atoms with Gasteiger partial charge in [-0.2, -0.15) is 0 Å². The second-order valence-corrected chi connectivity index (χ2v) is 14.4. The average molecular weight is 617 g/mol. The fraction of sp³-hybridized carbons (Fsp3) is 1.00. The summed E-state index contributed by atoms with van der Waals surface area (Å²) in [7, 11) is 0. The third-order valence-corrected chi connectivity index (χ3v) is 8.65. The molecule has 0 saturated heterocycles. The van der Waals surface area contributed by atoms with Crippen molar-refractivity contribution >= 4 is 174 Å². The summed E-state index contributed by atoms with van der Waals surface area (Å²) in [4.78, 5) is -1.67. The van der Waals surface area contributed by atoms with Gasteiger partial charge in [0.2, 0.25) is 11.4 Å². The van der Waals surface area contributed by atoms with Crippen molar-refractivity contribution in [3.63, 3.8) is 0 Å². The Morgan fingerprint density at radius 2 is 0.682 bits per heavy atom. The Balaban J connectivity index is 6.98. The first-order valence-corrected chi connectivity index (χ1v) is 10.2. The zero-order chi connectivity index (χ0) is 18.6. The van der Waals surface area contributed by atoms with Crippen LogP contribution in [0.4, 0.5) is 0 Å². The molecule has 0 nitrogen and oxygen atoms in total. The van der Waals surface area contributed by atoms with Crippen LogP contribution >= 0.6 is 174 Å². The van der Waals surface area contributed by atoms with Crippen LogP contribution in [0.25, 0.3) is 0 Å². The molecule has 0 aromatic rings. The first-order valence-electron chi connectivity index (χ1n) is 4.43. The van der Waals surface area contributed by atoms with Crippen molar-refractivity contribution in [1.29, 1.82) is 0 Å². The third-order valence-electron chi connectivity index (χ3n) is 2.44. The third kappa shape index (κ3) is 4.33. The van der Waals surface area contributed by atoms with E-state index in [0.717, 1.165) is 0 Å². The molecular formula is C7HCl15. The Labute approximate surface area is 201 Å². The maximum absolute atomic E-state index is 6.17. The largest absolute Gasteiger partial charge is 0.207 e. The molecule has 0 atom stereocenters. The van der Waals surface area contributed by atoms with E-state index in [9.17, 15) is 0 Å². The Bertz CT molecular complexity index is 356. The highest BCUT2D eigenvalue weighted by Gasteiger charge is 2.83. The molecule has 0 fully saturated rings. The van der Waals surface area contributed by atoms with Gasteiger partial charge in [-0.1, -0.05) is 151 Å². The molecule has 0 spiro atoms. The lowest BCUT2D eigenvalue weighted by atomic mass is 9.85. The summed E-state index contributed by atoms with van der Waals surface area (Å²) in [6.45, 7) is 0. The molecule has 22 heavy (non-hydrogen) atoms. The highest BCUT2D eigenvalue weighted by Crippen LogP contribution is 2.77. The molecule has 0 aliphatic rings. The minimum Gasteiger partial charge on any atom is -0.102 e. The molecule has 0 aromatic carbocycles. The van der Waals surface area contributed by atoms with Gasteiger partial charge in [0.25, 0.3) is 0 Å². The van der Waals surface area contributed by atoms with Crippen LogP contribution < -0.4 is 0 Å². The van der Waals surface area contributed by atoms with Gasteiger partial charge in [0.1, 0.15) is 10.3 Å². The maximum atomic E-state index is 6.17. The number of hydrogen-bond donors (Lipinski definition) is 0. The van der Waals surface area contributed by atoms with Crippen LogP contribution in [0.1, 0.15) is 0 Å². The van der Waals surface area contributed by atoms with Crippen molar-refractivity contribution in [2.24, 2.45) is 5.41 Å². The summed E-state index contributed by atoms with van der Waals surface area (Å²) in [6.07, 6.45) is 0. The Morgan fingerprint density at radius 3 is 0.818 bits per heavy atom. The zero-order valence-corrected chi connectivity index (χ0v) is 20.6. The molecular weight excluding hydrogens is 616 g/mol. The van der Waals surface area contributed by atoms with E-state index in [0.29, 0.717) is 0 Å². The minimum atomic E-state index is -2.84. The standard InChI is InChI=1S/C7HCl15/c8-1(9)2(10,11)4(12,13)3(5(14,15)16,6(17,18)19)7(20,21)22/h1H. The molecule has 15 heteroatoms. The van der Waals surface area contributed by atoms with Crippen molar-refractivity contribution in [3.05, 3.63) is 0 Å². The maximum Gasteiger partial charge on any atom is 0.207 e. The molecule has 0 rings (SSSR count). The molecule has 0 heterocycles. The fourth-order valence-corrected chi connectivity index (χ4v) is 9.31. The second kappa shape index (κ2) is 8.00. The summed E-state index contributed by atoms with van der Waals surface area (Å²) < 4.78 is -13.4. The van der Waals surface area contributed by atoms with Crippen LogP contribution in [0.15, 0.2) is 0 Å². The predicted molar refractivity (Wildman–Crippen MR) is 108 cm³/mol. The molecule has 0 N–H and O–H groups in total. The van der Waals surface area contributed by atoms with Crippen LogP contribution in [0.3, 0.4) is 0 Å². The van der Waals surface area contributed by atoms with E-state index in [1.807, 2.05) is 0 Å². The van der Waals surface area contributed by atoms with Gasteiger partial charge in [-0.15, -0.1) is 23.2 Å². The normalized spacial score (nSPS) is 16.4. The molecule has 0 saturated carbocycles. The van der Waals surface area contributed by atoms with Crippen molar-refractivity contribution in [1.82, 2.24) is 0 Å². The van der Waals surface area contributed by atoms with Crippen molar-refractivity contribution < 1.29 is 0 Å². The van der Waals surface area contributed by atoms with E-state index < -0.39 is 30.3 Å². The van der Waals surface area contributed by atoms with Gasteiger partial charge in [0.05, 0.1) is 0 Å². The molecule has 0 unspecified atom stereocenters. The van der Waals surface area contributed by atoms with Crippen molar-refractivity contribution in [2.45, 2.75) is 24.9 Å². The fourth-order valence-electron chi connectivity index (χ4n) is 1.40. The zero-order valence-electron chi connectivity index (χ0n) is 9.25. The molecule has 0 bridgehead atoms. The van der Waals surface area contributed by atoms with Crippen LogP contribution in [0.2, 0.25) is 0 Å². The Kier molecular flexibility index (Phi) is 9.58. The van der Waals surface area contributed by atoms with E-state index in [4.69, 9.17) is 174 Å². The quantitative estimate of drug-likeness (QED) is 0.277. The van der Waals surface area contributed by atoms with Gasteiger partial charge >= 0.3 is 0 Å². The van der Waals surface area contributed by atoms with Crippen LogP contribution in [-0.2, 0) is 0 Å². The topological polar surface area (TPSA) is 0 Å². The van der Waals surface area contributed by atoms with Crippen molar-refractivity contribution in [3.8, 4) is 0 Å². The van der Waals surface area contributed by atoms with E-state index in [1.165, 1.54) is 0 Å². The molecule has 0 aliphatic heterocycles. The highest BCUT2D eigenvalue weighted by molar-refractivity contribution is 6.81. The van der Waals surface area contributed by atoms with Crippen LogP contribution in [-0.4, -0.2) is 24.9 Å². The van der Waals surface area contributed by atoms with E-state index in [2.05, 4.69) is 0 Å². The predicted octanol–water partition coefficient (Wildman–Crippen LogP) is 9.23. The lowest BCUT2D eigenvalue weighted by molar-refractivity contribution is 0.245. The summed E-state index contributed by atoms with van der Waals surface area (Å²) in [6, 6.07) is 0. The summed E-state index contributed by atoms with van der Waals surface area (Å²) >= 11 is 88.5. The van der Waals surface area contributed by atoms with Gasteiger partial charge in [-0.3, -0.25) is 0 Å². The van der Waals surface area contributed by atoms with Crippen LogP contribution in [0.5, 0.6) is 0 Å². The Morgan fingerprint density at radius 1 is 0.455 bits per heavy atom. The highest BCUT2D eigenvalue weighted by atomic mass is 35.6. The van der Waals surface area contributed by atoms with Gasteiger partial charge in [0.15, 0.2) is 8.67 Å². The minimum absolute atomic E-state index is 1.67. The smallest absolute Gasteiger partial charge is 0.102 e. The number of alkyl halides is 15. The number of rotatable bonds is 3. The lowest BCUT2D eigenvalue weighted by Crippen LogP contribution is -2.70. The Hall–Kier alpha value is 4.35. The molecule has 0 amide bonds. The second-order valence-electron chi connectivity index (χ2n) is 3.74. The first-order chi connectivity index (χ1) is 9.19. The SMILES string of the molecule is ClC(Cl)C(Cl)(Cl)C(Cl)(Cl)C(C(Cl)(Cl)Cl)(C(Cl)(Cl)Cl)C(Cl)(Cl)Cl. The lowest BCUT2D eigenvalue weighted by Gasteiger charge is -2.57. The van der Waals surface area contributed by atoms with E-state index in [-0.39, 0.29) is 0 Å². The number of halogens is 15. The molecule has 134 valence electrons. The molecule has 0 aliphatic carbocycles. The summed E-state index contributed by atoms with van der Waals surface area (Å²) in [5.74, 6) is 0. The van der Waals surface area contributed by atoms with Crippen LogP contribution in [0, 0.1) is 5.41 Å². The monoisotopic (exact) mass is 610 g/mol. The average Bonchev–Trinajstić information content (AvgIpc) is 2.08. The van der Waals surface area contributed by atoms with Gasteiger partial charge in [-0.05, 0) is 0 Å². The van der Waals surface area contributed by atoms with Gasteiger partial charge in [0, 0.05) is 0 Å². The summed E-state index contributed by atoms with van der Waals surface area (Å²) in [5, 5.41) is 0.